The van der Waals surface area contributed by atoms with Gasteiger partial charge in [0.2, 0.25) is 10.0 Å². The number of morpholine rings is 1. The summed E-state index contributed by atoms with van der Waals surface area (Å²) >= 11 is 0. The maximum absolute atomic E-state index is 13.0. The van der Waals surface area contributed by atoms with Crippen LogP contribution < -0.4 is 5.32 Å². The molecule has 11 nitrogen and oxygen atoms in total. The number of carbonyl (C=O) groups excluding carboxylic acids is 2. The smallest absolute Gasteiger partial charge is 0.338 e. The summed E-state index contributed by atoms with van der Waals surface area (Å²) in [5.41, 5.74) is 2.66. The molecule has 1 amide bonds. The van der Waals surface area contributed by atoms with Crippen LogP contribution >= 0.6 is 0 Å². The summed E-state index contributed by atoms with van der Waals surface area (Å²) in [5.74, 6) is -0.647. The first-order valence-electron chi connectivity index (χ1n) is 14.0. The number of nitrogens with zero attached hydrogens (tertiary/aromatic N) is 3. The largest absolute Gasteiger partial charge is 0.462 e. The molecule has 218 valence electrons. The second kappa shape index (κ2) is 12.0. The summed E-state index contributed by atoms with van der Waals surface area (Å²) in [5, 5.41) is 7.92. The van der Waals surface area contributed by atoms with E-state index in [-0.39, 0.29) is 34.3 Å². The van der Waals surface area contributed by atoms with E-state index in [0.29, 0.717) is 64.6 Å². The van der Waals surface area contributed by atoms with Gasteiger partial charge in [0.25, 0.3) is 5.91 Å². The molecule has 2 saturated heterocycles. The lowest BCUT2D eigenvalue weighted by Gasteiger charge is -2.36. The van der Waals surface area contributed by atoms with E-state index in [9.17, 15) is 18.0 Å². The molecule has 5 rings (SSSR count). The van der Waals surface area contributed by atoms with Gasteiger partial charge in [-0.25, -0.2) is 13.2 Å². The van der Waals surface area contributed by atoms with Crippen LogP contribution in [0.1, 0.15) is 58.8 Å². The summed E-state index contributed by atoms with van der Waals surface area (Å²) in [4.78, 5) is 25.9. The molecule has 1 spiro atoms. The second-order valence-corrected chi connectivity index (χ2v) is 13.0. The molecule has 40 heavy (non-hydrogen) atoms. The van der Waals surface area contributed by atoms with Crippen molar-refractivity contribution in [3.8, 4) is 0 Å². The molecule has 0 saturated carbocycles. The summed E-state index contributed by atoms with van der Waals surface area (Å²) < 4.78 is 45.4. The maximum atomic E-state index is 13.0. The van der Waals surface area contributed by atoms with E-state index in [2.05, 4.69) is 5.32 Å². The fourth-order valence-corrected chi connectivity index (χ4v) is 7.08. The third-order valence-electron chi connectivity index (χ3n) is 8.09. The van der Waals surface area contributed by atoms with E-state index in [1.165, 1.54) is 28.6 Å². The van der Waals surface area contributed by atoms with Crippen molar-refractivity contribution in [1.82, 2.24) is 19.4 Å². The van der Waals surface area contributed by atoms with Gasteiger partial charge in [-0.1, -0.05) is 13.8 Å². The van der Waals surface area contributed by atoms with Crippen molar-refractivity contribution < 1.29 is 32.2 Å². The van der Waals surface area contributed by atoms with Crippen molar-refractivity contribution in [3.05, 3.63) is 46.8 Å². The minimum absolute atomic E-state index is 0.0426. The molecule has 4 heterocycles. The Morgan fingerprint density at radius 3 is 2.48 bits per heavy atom. The summed E-state index contributed by atoms with van der Waals surface area (Å²) in [6.45, 7) is 8.00. The molecule has 0 aliphatic carbocycles. The molecule has 3 aliphatic heterocycles. The zero-order valence-electron chi connectivity index (χ0n) is 23.2. The number of benzene rings is 1. The van der Waals surface area contributed by atoms with Crippen molar-refractivity contribution in [2.24, 2.45) is 11.3 Å². The highest BCUT2D eigenvalue weighted by Gasteiger charge is 2.39. The molecule has 0 radical (unpaired) electrons. The predicted octanol–water partition coefficient (Wildman–Crippen LogP) is 2.04. The minimum atomic E-state index is -3.63. The highest BCUT2D eigenvalue weighted by Crippen LogP contribution is 2.37. The Labute approximate surface area is 235 Å². The Bertz CT molecular complexity index is 1330. The Morgan fingerprint density at radius 2 is 1.80 bits per heavy atom. The number of ether oxygens (including phenoxy) is 3. The molecule has 12 heteroatoms. The average Bonchev–Trinajstić information content (AvgIpc) is 3.24. The first-order valence-corrected chi connectivity index (χ1v) is 15.5. The van der Waals surface area contributed by atoms with E-state index in [0.717, 1.165) is 30.7 Å². The normalized spacial score (nSPS) is 20.4. The van der Waals surface area contributed by atoms with E-state index in [1.807, 2.05) is 18.5 Å². The SMILES string of the molecule is CCc1nn(C[C@@H](C)COC(=O)c2ccc(S(=O)(=O)N3CCOCC3)cc2)c2c1C(=O)NCC1(CCOCC1)C2. The van der Waals surface area contributed by atoms with Crippen LogP contribution in [-0.4, -0.2) is 87.0 Å². The summed E-state index contributed by atoms with van der Waals surface area (Å²) in [6.07, 6.45) is 3.18. The second-order valence-electron chi connectivity index (χ2n) is 11.0. The first kappa shape index (κ1) is 28.7. The number of amides is 1. The average molecular weight is 575 g/mol. The van der Waals surface area contributed by atoms with Gasteiger partial charge in [-0.05, 0) is 55.4 Å². The molecule has 1 N–H and O–H groups in total. The number of nitrogens with one attached hydrogen (secondary N) is 1. The lowest BCUT2D eigenvalue weighted by molar-refractivity contribution is 0.0151. The van der Waals surface area contributed by atoms with Crippen molar-refractivity contribution in [2.45, 2.75) is 51.0 Å². The van der Waals surface area contributed by atoms with Crippen LogP contribution in [0.25, 0.3) is 0 Å². The number of esters is 1. The fourth-order valence-electron chi connectivity index (χ4n) is 5.67. The van der Waals surface area contributed by atoms with Crippen molar-refractivity contribution >= 4 is 21.9 Å². The van der Waals surface area contributed by atoms with Crippen molar-refractivity contribution in [2.75, 3.05) is 52.7 Å². The van der Waals surface area contributed by atoms with E-state index in [4.69, 9.17) is 19.3 Å². The van der Waals surface area contributed by atoms with Crippen LogP contribution in [0.5, 0.6) is 0 Å². The number of hydrogen-bond donors (Lipinski definition) is 1. The van der Waals surface area contributed by atoms with Crippen LogP contribution in [0.4, 0.5) is 0 Å². The highest BCUT2D eigenvalue weighted by atomic mass is 32.2. The van der Waals surface area contributed by atoms with Gasteiger partial charge in [0, 0.05) is 45.3 Å². The molecule has 0 bridgehead atoms. The minimum Gasteiger partial charge on any atom is -0.462 e. The Kier molecular flexibility index (Phi) is 8.60. The number of hydrogen-bond acceptors (Lipinski definition) is 8. The zero-order chi connectivity index (χ0) is 28.3. The first-order chi connectivity index (χ1) is 19.2. The number of fused-ring (bicyclic) bond motifs is 1. The van der Waals surface area contributed by atoms with Crippen LogP contribution in [0.3, 0.4) is 0 Å². The molecule has 1 aromatic carbocycles. The highest BCUT2D eigenvalue weighted by molar-refractivity contribution is 7.89. The molecule has 0 unspecified atom stereocenters. The topological polar surface area (TPSA) is 129 Å². The number of rotatable bonds is 8. The third kappa shape index (κ3) is 5.95. The molecule has 1 aromatic heterocycles. The van der Waals surface area contributed by atoms with E-state index >= 15 is 0 Å². The number of aromatic nitrogens is 2. The van der Waals surface area contributed by atoms with Crippen LogP contribution in [-0.2, 0) is 43.6 Å². The Morgan fingerprint density at radius 1 is 1.12 bits per heavy atom. The quantitative estimate of drug-likeness (QED) is 0.475. The zero-order valence-corrected chi connectivity index (χ0v) is 24.0. The monoisotopic (exact) mass is 574 g/mol. The van der Waals surface area contributed by atoms with Crippen molar-refractivity contribution in [1.29, 1.82) is 0 Å². The molecule has 1 atom stereocenters. The molecule has 2 fully saturated rings. The van der Waals surface area contributed by atoms with Gasteiger partial charge in [-0.2, -0.15) is 9.40 Å². The standard InChI is InChI=1S/C28H38N4O7S/c1-3-23-25-24(16-28(19-29-26(25)33)8-12-37-13-9-28)32(30-23)17-20(2)18-39-27(34)21-4-6-22(7-5-21)40(35,36)31-10-14-38-15-11-31/h4-7,20H,3,8-19H2,1-2H3,(H,29,33)/t20-/m1/s1. The molecule has 3 aliphatic rings. The fraction of sp³-hybridized carbons (Fsp3) is 0.607. The van der Waals surface area contributed by atoms with Crippen LogP contribution in [0.15, 0.2) is 29.2 Å². The lowest BCUT2D eigenvalue weighted by atomic mass is 9.76. The molecule has 2 aromatic rings. The van der Waals surface area contributed by atoms with Gasteiger partial charge in [0.05, 0.1) is 47.2 Å². The van der Waals surface area contributed by atoms with Gasteiger partial charge in [0.1, 0.15) is 0 Å². The van der Waals surface area contributed by atoms with Crippen LogP contribution in [0.2, 0.25) is 0 Å². The maximum Gasteiger partial charge on any atom is 0.338 e. The Hall–Kier alpha value is -2.80. The van der Waals surface area contributed by atoms with Gasteiger partial charge < -0.3 is 19.5 Å². The van der Waals surface area contributed by atoms with Crippen LogP contribution in [0, 0.1) is 11.3 Å². The summed E-state index contributed by atoms with van der Waals surface area (Å²) in [6, 6.07) is 5.83. The third-order valence-corrected chi connectivity index (χ3v) is 10.0. The van der Waals surface area contributed by atoms with E-state index in [1.54, 1.807) is 0 Å². The van der Waals surface area contributed by atoms with E-state index < -0.39 is 16.0 Å². The number of aryl methyl sites for hydroxylation is 1. The van der Waals surface area contributed by atoms with Gasteiger partial charge in [-0.15, -0.1) is 0 Å². The summed E-state index contributed by atoms with van der Waals surface area (Å²) in [7, 11) is -3.63. The van der Waals surface area contributed by atoms with Gasteiger partial charge in [-0.3, -0.25) is 9.48 Å². The number of carbonyl (C=O) groups is 2. The van der Waals surface area contributed by atoms with Gasteiger partial charge in [0.15, 0.2) is 0 Å². The molecular formula is C28H38N4O7S. The van der Waals surface area contributed by atoms with Crippen molar-refractivity contribution in [3.63, 3.8) is 0 Å². The predicted molar refractivity (Wildman–Crippen MR) is 146 cm³/mol. The van der Waals surface area contributed by atoms with Gasteiger partial charge >= 0.3 is 5.97 Å². The Balaban J connectivity index is 1.23. The number of sulfonamides is 1. The molecular weight excluding hydrogens is 536 g/mol. The lowest BCUT2D eigenvalue weighted by Crippen LogP contribution is -2.41.